The average molecular weight is 172 g/mol. The van der Waals surface area contributed by atoms with E-state index in [-0.39, 0.29) is 6.42 Å². The summed E-state index contributed by atoms with van der Waals surface area (Å²) in [4.78, 5) is 3.97. The summed E-state index contributed by atoms with van der Waals surface area (Å²) in [6.07, 6.45) is 0.210. The van der Waals surface area contributed by atoms with Crippen LogP contribution < -0.4 is 5.73 Å². The third-order valence-electron chi connectivity index (χ3n) is 1.58. The Labute approximate surface area is 76.2 Å². The standard InChI is InChI=1S/C9H8N4/c10-5-4-8(12)9-3-1-2-7(6-11)13-9/h1-3,8H,4,12H2/t8-/m1/s1. The first-order chi connectivity index (χ1) is 6.27. The van der Waals surface area contributed by atoms with Gasteiger partial charge in [-0.3, -0.25) is 0 Å². The van der Waals surface area contributed by atoms with Gasteiger partial charge in [0.2, 0.25) is 0 Å². The SMILES string of the molecule is N#CC[C@@H](N)c1cccc(C#N)n1. The van der Waals surface area contributed by atoms with Crippen molar-refractivity contribution < 1.29 is 0 Å². The minimum Gasteiger partial charge on any atom is -0.322 e. The molecule has 1 rings (SSSR count). The molecule has 1 heterocycles. The summed E-state index contributed by atoms with van der Waals surface area (Å²) in [5, 5.41) is 17.0. The Morgan fingerprint density at radius 1 is 1.46 bits per heavy atom. The molecule has 2 N–H and O–H groups in total. The van der Waals surface area contributed by atoms with Crippen LogP contribution in [0.1, 0.15) is 23.9 Å². The molecule has 0 aliphatic carbocycles. The fourth-order valence-electron chi connectivity index (χ4n) is 0.923. The van der Waals surface area contributed by atoms with Crippen molar-refractivity contribution in [2.45, 2.75) is 12.5 Å². The van der Waals surface area contributed by atoms with E-state index in [0.29, 0.717) is 11.4 Å². The van der Waals surface area contributed by atoms with Gasteiger partial charge in [-0.15, -0.1) is 0 Å². The molecule has 1 aromatic rings. The summed E-state index contributed by atoms with van der Waals surface area (Å²) in [6.45, 7) is 0. The van der Waals surface area contributed by atoms with E-state index in [1.165, 1.54) is 0 Å². The third kappa shape index (κ3) is 2.26. The van der Waals surface area contributed by atoms with Crippen LogP contribution in [0.2, 0.25) is 0 Å². The Bertz CT molecular complexity index is 372. The van der Waals surface area contributed by atoms with Crippen LogP contribution in [0.25, 0.3) is 0 Å². The van der Waals surface area contributed by atoms with Gasteiger partial charge in [-0.2, -0.15) is 10.5 Å². The lowest BCUT2D eigenvalue weighted by Crippen LogP contribution is -2.11. The van der Waals surface area contributed by atoms with Crippen molar-refractivity contribution in [3.63, 3.8) is 0 Å². The van der Waals surface area contributed by atoms with Gasteiger partial charge in [0.1, 0.15) is 11.8 Å². The maximum absolute atomic E-state index is 8.56. The Kier molecular flexibility index (Phi) is 2.97. The molecule has 0 aliphatic heterocycles. The van der Waals surface area contributed by atoms with Gasteiger partial charge in [-0.1, -0.05) is 6.07 Å². The fourth-order valence-corrected chi connectivity index (χ4v) is 0.923. The van der Waals surface area contributed by atoms with Crippen molar-refractivity contribution >= 4 is 0 Å². The van der Waals surface area contributed by atoms with Crippen molar-refractivity contribution in [2.24, 2.45) is 5.73 Å². The number of nitrogens with two attached hydrogens (primary N) is 1. The lowest BCUT2D eigenvalue weighted by Gasteiger charge is -2.05. The first-order valence-electron chi connectivity index (χ1n) is 3.77. The summed E-state index contributed by atoms with van der Waals surface area (Å²) in [5.74, 6) is 0. The van der Waals surface area contributed by atoms with Crippen LogP contribution in [0.15, 0.2) is 18.2 Å². The summed E-state index contributed by atoms with van der Waals surface area (Å²) < 4.78 is 0. The number of nitriles is 2. The molecule has 0 saturated carbocycles. The van der Waals surface area contributed by atoms with E-state index in [4.69, 9.17) is 16.3 Å². The van der Waals surface area contributed by atoms with E-state index in [0.717, 1.165) is 0 Å². The zero-order valence-electron chi connectivity index (χ0n) is 6.94. The van der Waals surface area contributed by atoms with Crippen LogP contribution in [0.4, 0.5) is 0 Å². The van der Waals surface area contributed by atoms with Gasteiger partial charge in [0.25, 0.3) is 0 Å². The maximum Gasteiger partial charge on any atom is 0.140 e. The van der Waals surface area contributed by atoms with Crippen LogP contribution in [0, 0.1) is 22.7 Å². The van der Waals surface area contributed by atoms with E-state index in [1.807, 2.05) is 12.1 Å². The molecule has 0 bridgehead atoms. The quantitative estimate of drug-likeness (QED) is 0.716. The smallest absolute Gasteiger partial charge is 0.140 e. The number of aromatic nitrogens is 1. The van der Waals surface area contributed by atoms with Crippen LogP contribution in [0.5, 0.6) is 0 Å². The molecule has 0 saturated heterocycles. The fraction of sp³-hybridized carbons (Fsp3) is 0.222. The predicted octanol–water partition coefficient (Wildman–Crippen LogP) is 0.867. The van der Waals surface area contributed by atoms with Gasteiger partial charge in [0, 0.05) is 0 Å². The molecule has 1 atom stereocenters. The van der Waals surface area contributed by atoms with Crippen molar-refractivity contribution in [3.05, 3.63) is 29.6 Å². The van der Waals surface area contributed by atoms with Crippen LogP contribution in [-0.4, -0.2) is 4.98 Å². The van der Waals surface area contributed by atoms with Crippen molar-refractivity contribution in [2.75, 3.05) is 0 Å². The second-order valence-corrected chi connectivity index (χ2v) is 2.53. The normalized spacial score (nSPS) is 11.3. The van der Waals surface area contributed by atoms with Crippen molar-refractivity contribution in [1.82, 2.24) is 4.98 Å². The van der Waals surface area contributed by atoms with Gasteiger partial charge in [0.05, 0.1) is 24.2 Å². The molecular weight excluding hydrogens is 164 g/mol. The van der Waals surface area contributed by atoms with Gasteiger partial charge in [0.15, 0.2) is 0 Å². The highest BCUT2D eigenvalue weighted by Crippen LogP contribution is 2.10. The maximum atomic E-state index is 8.56. The third-order valence-corrected chi connectivity index (χ3v) is 1.58. The number of rotatable bonds is 2. The number of hydrogen-bond acceptors (Lipinski definition) is 4. The topological polar surface area (TPSA) is 86.5 Å². The first kappa shape index (κ1) is 9.18. The zero-order valence-corrected chi connectivity index (χ0v) is 6.94. The lowest BCUT2D eigenvalue weighted by atomic mass is 10.1. The summed E-state index contributed by atoms with van der Waals surface area (Å²) in [6, 6.07) is 8.48. The second kappa shape index (κ2) is 4.20. The van der Waals surface area contributed by atoms with Crippen LogP contribution >= 0.6 is 0 Å². The summed E-state index contributed by atoms with van der Waals surface area (Å²) in [5.41, 5.74) is 6.54. The van der Waals surface area contributed by atoms with Crippen LogP contribution in [-0.2, 0) is 0 Å². The molecule has 0 aromatic carbocycles. The number of pyridine rings is 1. The largest absolute Gasteiger partial charge is 0.322 e. The molecule has 0 fully saturated rings. The minimum atomic E-state index is -0.404. The molecule has 0 spiro atoms. The van der Waals surface area contributed by atoms with E-state index in [9.17, 15) is 0 Å². The highest BCUT2D eigenvalue weighted by molar-refractivity contribution is 5.23. The Morgan fingerprint density at radius 2 is 2.23 bits per heavy atom. The molecule has 1 aromatic heterocycles. The second-order valence-electron chi connectivity index (χ2n) is 2.53. The zero-order chi connectivity index (χ0) is 9.68. The van der Waals surface area contributed by atoms with Gasteiger partial charge in [-0.05, 0) is 12.1 Å². The van der Waals surface area contributed by atoms with E-state index >= 15 is 0 Å². The molecule has 4 heteroatoms. The Morgan fingerprint density at radius 3 is 2.85 bits per heavy atom. The Balaban J connectivity index is 2.91. The molecule has 13 heavy (non-hydrogen) atoms. The molecule has 64 valence electrons. The number of nitrogens with zero attached hydrogens (tertiary/aromatic N) is 3. The monoisotopic (exact) mass is 172 g/mol. The van der Waals surface area contributed by atoms with Crippen molar-refractivity contribution in [1.29, 1.82) is 10.5 Å². The molecule has 0 unspecified atom stereocenters. The van der Waals surface area contributed by atoms with E-state index in [1.54, 1.807) is 18.2 Å². The lowest BCUT2D eigenvalue weighted by molar-refractivity contribution is 0.718. The highest BCUT2D eigenvalue weighted by Gasteiger charge is 2.06. The molecular formula is C9H8N4. The molecule has 4 nitrogen and oxygen atoms in total. The number of hydrogen-bond donors (Lipinski definition) is 1. The summed E-state index contributed by atoms with van der Waals surface area (Å²) >= 11 is 0. The Hall–Kier alpha value is -1.91. The van der Waals surface area contributed by atoms with Gasteiger partial charge >= 0.3 is 0 Å². The highest BCUT2D eigenvalue weighted by atomic mass is 14.8. The average Bonchev–Trinajstić information content (AvgIpc) is 2.18. The van der Waals surface area contributed by atoms with E-state index < -0.39 is 6.04 Å². The van der Waals surface area contributed by atoms with Crippen molar-refractivity contribution in [3.8, 4) is 12.1 Å². The summed E-state index contributed by atoms with van der Waals surface area (Å²) in [7, 11) is 0. The van der Waals surface area contributed by atoms with Gasteiger partial charge in [-0.25, -0.2) is 4.98 Å². The van der Waals surface area contributed by atoms with Gasteiger partial charge < -0.3 is 5.73 Å². The van der Waals surface area contributed by atoms with E-state index in [2.05, 4.69) is 4.98 Å². The first-order valence-corrected chi connectivity index (χ1v) is 3.77. The molecule has 0 aliphatic rings. The minimum absolute atomic E-state index is 0.210. The molecule has 0 amide bonds. The molecule has 0 radical (unpaired) electrons. The van der Waals surface area contributed by atoms with Crippen LogP contribution in [0.3, 0.4) is 0 Å². The predicted molar refractivity (Wildman–Crippen MR) is 46.1 cm³/mol.